The van der Waals surface area contributed by atoms with Crippen LogP contribution in [0.3, 0.4) is 0 Å². The second-order valence-corrected chi connectivity index (χ2v) is 7.69. The number of hydrogen-bond acceptors (Lipinski definition) is 4. The van der Waals surface area contributed by atoms with Crippen LogP contribution in [0.1, 0.15) is 31.1 Å². The number of carbonyl (C=O) groups is 2. The molecule has 30 heavy (non-hydrogen) atoms. The number of nitrogens with one attached hydrogen (secondary N) is 1. The molecule has 0 saturated carbocycles. The zero-order valence-electron chi connectivity index (χ0n) is 16.3. The van der Waals surface area contributed by atoms with E-state index in [1.807, 2.05) is 25.1 Å². The van der Waals surface area contributed by atoms with Gasteiger partial charge < -0.3 is 5.32 Å². The van der Waals surface area contributed by atoms with Gasteiger partial charge in [0.15, 0.2) is 5.13 Å². The van der Waals surface area contributed by atoms with Crippen LogP contribution in [-0.4, -0.2) is 16.8 Å². The van der Waals surface area contributed by atoms with Crippen molar-refractivity contribution < 1.29 is 14.0 Å². The number of anilines is 2. The number of aromatic nitrogens is 1. The van der Waals surface area contributed by atoms with Gasteiger partial charge in [-0.25, -0.2) is 9.37 Å². The molecule has 0 fully saturated rings. The van der Waals surface area contributed by atoms with Gasteiger partial charge >= 0.3 is 0 Å². The third-order valence-electron chi connectivity index (χ3n) is 4.25. The predicted octanol–water partition coefficient (Wildman–Crippen LogP) is 5.51. The zero-order chi connectivity index (χ0) is 21.7. The molecule has 0 spiro atoms. The van der Waals surface area contributed by atoms with Gasteiger partial charge in [0.05, 0.1) is 17.4 Å². The Bertz CT molecular complexity index is 1100. The third kappa shape index (κ3) is 5.11. The van der Waals surface area contributed by atoms with Crippen LogP contribution in [0, 0.1) is 5.82 Å². The minimum atomic E-state index is -0.520. The van der Waals surface area contributed by atoms with Crippen molar-refractivity contribution in [1.29, 1.82) is 0 Å². The molecule has 0 aliphatic carbocycles. The second-order valence-electron chi connectivity index (χ2n) is 6.45. The summed E-state index contributed by atoms with van der Waals surface area (Å²) in [5.41, 5.74) is 1.43. The molecule has 1 atom stereocenters. The van der Waals surface area contributed by atoms with Gasteiger partial charge in [-0.15, -0.1) is 11.3 Å². The third-order valence-corrected chi connectivity index (χ3v) is 5.43. The van der Waals surface area contributed by atoms with E-state index in [4.69, 9.17) is 11.6 Å². The first kappa shape index (κ1) is 21.7. The number of hydrogen-bond donors (Lipinski definition) is 1. The summed E-state index contributed by atoms with van der Waals surface area (Å²) in [6, 6.07) is 13.0. The average Bonchev–Trinajstić information content (AvgIpc) is 3.16. The van der Waals surface area contributed by atoms with Gasteiger partial charge in [0, 0.05) is 23.4 Å². The van der Waals surface area contributed by atoms with Crippen LogP contribution in [-0.2, 0) is 9.59 Å². The maximum atomic E-state index is 14.1. The van der Waals surface area contributed by atoms with Gasteiger partial charge in [0.25, 0.3) is 0 Å². The molecule has 1 aromatic heterocycles. The summed E-state index contributed by atoms with van der Waals surface area (Å²) < 4.78 is 14.1. The van der Waals surface area contributed by atoms with Crippen molar-refractivity contribution in [2.75, 3.05) is 4.90 Å². The zero-order valence-corrected chi connectivity index (χ0v) is 17.9. The summed E-state index contributed by atoms with van der Waals surface area (Å²) in [5, 5.41) is 5.42. The monoisotopic (exact) mass is 443 g/mol. The van der Waals surface area contributed by atoms with Crippen molar-refractivity contribution in [3.63, 3.8) is 0 Å². The number of carbonyl (C=O) groups excluding carboxylic acids is 2. The van der Waals surface area contributed by atoms with E-state index in [0.717, 1.165) is 5.56 Å². The lowest BCUT2D eigenvalue weighted by Gasteiger charge is -2.18. The Kier molecular flexibility index (Phi) is 6.97. The average molecular weight is 444 g/mol. The highest BCUT2D eigenvalue weighted by atomic mass is 35.5. The number of benzene rings is 2. The molecule has 0 saturated heterocycles. The summed E-state index contributed by atoms with van der Waals surface area (Å²) in [7, 11) is 0. The minimum Gasteiger partial charge on any atom is -0.346 e. The van der Waals surface area contributed by atoms with Crippen LogP contribution < -0.4 is 10.2 Å². The van der Waals surface area contributed by atoms with Crippen LogP contribution in [0.4, 0.5) is 15.2 Å². The molecule has 5 nitrogen and oxygen atoms in total. The summed E-state index contributed by atoms with van der Waals surface area (Å²) in [6.07, 6.45) is 2.89. The summed E-state index contributed by atoms with van der Waals surface area (Å²) in [4.78, 5) is 29.9. The Labute approximate surface area is 182 Å². The normalized spacial score (nSPS) is 12.0. The Morgan fingerprint density at radius 1 is 1.20 bits per heavy atom. The molecule has 0 aliphatic heterocycles. The van der Waals surface area contributed by atoms with Gasteiger partial charge in [-0.2, -0.15) is 0 Å². The topological polar surface area (TPSA) is 62.3 Å². The molecule has 1 unspecified atom stereocenters. The molecule has 1 N–H and O–H groups in total. The van der Waals surface area contributed by atoms with E-state index in [1.54, 1.807) is 23.6 Å². The van der Waals surface area contributed by atoms with E-state index >= 15 is 0 Å². The van der Waals surface area contributed by atoms with E-state index in [2.05, 4.69) is 10.3 Å². The first-order valence-electron chi connectivity index (χ1n) is 9.10. The van der Waals surface area contributed by atoms with Gasteiger partial charge in [-0.05, 0) is 36.8 Å². The molecular weight excluding hydrogens is 425 g/mol. The molecule has 0 radical (unpaired) electrons. The van der Waals surface area contributed by atoms with E-state index in [0.29, 0.717) is 15.8 Å². The molecule has 3 aromatic rings. The van der Waals surface area contributed by atoms with Gasteiger partial charge in [0.1, 0.15) is 5.82 Å². The van der Waals surface area contributed by atoms with Gasteiger partial charge in [0.2, 0.25) is 11.8 Å². The van der Waals surface area contributed by atoms with Crippen molar-refractivity contribution in [3.05, 3.63) is 82.1 Å². The second kappa shape index (κ2) is 9.65. The van der Waals surface area contributed by atoms with Crippen LogP contribution in [0.25, 0.3) is 6.08 Å². The number of para-hydroxylation sites is 1. The first-order valence-corrected chi connectivity index (χ1v) is 10.4. The minimum absolute atomic E-state index is 0.126. The van der Waals surface area contributed by atoms with Crippen molar-refractivity contribution in [1.82, 2.24) is 10.3 Å². The van der Waals surface area contributed by atoms with Crippen LogP contribution in [0.15, 0.2) is 60.0 Å². The molecule has 2 aromatic carbocycles. The van der Waals surface area contributed by atoms with Crippen LogP contribution >= 0.6 is 22.9 Å². The van der Waals surface area contributed by atoms with E-state index in [9.17, 15) is 14.0 Å². The molecular formula is C22H19ClFN3O2S. The quantitative estimate of drug-likeness (QED) is 0.511. The highest BCUT2D eigenvalue weighted by Crippen LogP contribution is 2.31. The van der Waals surface area contributed by atoms with Crippen molar-refractivity contribution >= 4 is 51.6 Å². The number of thiazole rings is 1. The molecule has 2 amide bonds. The Morgan fingerprint density at radius 3 is 2.60 bits per heavy atom. The molecule has 0 bridgehead atoms. The number of nitrogens with zero attached hydrogens (tertiary/aromatic N) is 2. The lowest BCUT2D eigenvalue weighted by Crippen LogP contribution is -2.24. The Balaban J connectivity index is 1.72. The van der Waals surface area contributed by atoms with Gasteiger partial charge in [-0.1, -0.05) is 41.9 Å². The molecule has 0 aliphatic rings. The molecule has 154 valence electrons. The highest BCUT2D eigenvalue weighted by Gasteiger charge is 2.20. The van der Waals surface area contributed by atoms with E-state index in [1.165, 1.54) is 47.4 Å². The van der Waals surface area contributed by atoms with Crippen LogP contribution in [0.2, 0.25) is 5.02 Å². The fourth-order valence-electron chi connectivity index (χ4n) is 2.82. The molecule has 1 heterocycles. The number of halogens is 2. The summed E-state index contributed by atoms with van der Waals surface area (Å²) in [5.74, 6) is -1.20. The first-order chi connectivity index (χ1) is 14.4. The number of rotatable bonds is 6. The van der Waals surface area contributed by atoms with Crippen molar-refractivity contribution in [2.24, 2.45) is 0 Å². The maximum Gasteiger partial charge on any atom is 0.244 e. The predicted molar refractivity (Wildman–Crippen MR) is 118 cm³/mol. The van der Waals surface area contributed by atoms with E-state index < -0.39 is 5.82 Å². The lowest BCUT2D eigenvalue weighted by atomic mass is 10.1. The van der Waals surface area contributed by atoms with Gasteiger partial charge in [-0.3, -0.25) is 14.5 Å². The standard InChI is InChI=1S/C22H19ClFN3O2S/c1-14(17-7-3-4-8-18(17)23)25-21(29)12-11-16-13-30-22(26-16)27(15(2)28)20-10-6-5-9-19(20)24/h3-14H,1-2H3,(H,25,29)/b12-11+. The fourth-order valence-corrected chi connectivity index (χ4v) is 3.97. The van der Waals surface area contributed by atoms with Crippen molar-refractivity contribution in [3.8, 4) is 0 Å². The highest BCUT2D eigenvalue weighted by molar-refractivity contribution is 7.14. The molecule has 3 rings (SSSR count). The smallest absolute Gasteiger partial charge is 0.244 e. The Morgan fingerprint density at radius 2 is 1.90 bits per heavy atom. The molecule has 8 heteroatoms. The SMILES string of the molecule is CC(=O)N(c1nc(/C=C/C(=O)NC(C)c2ccccc2Cl)cs1)c1ccccc1F. The van der Waals surface area contributed by atoms with Crippen LogP contribution in [0.5, 0.6) is 0 Å². The maximum absolute atomic E-state index is 14.1. The largest absolute Gasteiger partial charge is 0.346 e. The Hall–Kier alpha value is -3.03. The fraction of sp³-hybridized carbons (Fsp3) is 0.136. The lowest BCUT2D eigenvalue weighted by molar-refractivity contribution is -0.117. The van der Waals surface area contributed by atoms with Crippen molar-refractivity contribution in [2.45, 2.75) is 19.9 Å². The number of amides is 2. The van der Waals surface area contributed by atoms with E-state index in [-0.39, 0.29) is 23.5 Å². The summed E-state index contributed by atoms with van der Waals surface area (Å²) >= 11 is 7.34. The summed E-state index contributed by atoms with van der Waals surface area (Å²) in [6.45, 7) is 3.18.